The van der Waals surface area contributed by atoms with E-state index >= 15 is 0 Å². The second kappa shape index (κ2) is 8.41. The number of halogens is 1. The quantitative estimate of drug-likeness (QED) is 0.869. The van der Waals surface area contributed by atoms with Crippen LogP contribution in [-0.2, 0) is 6.54 Å². The summed E-state index contributed by atoms with van der Waals surface area (Å²) in [6.45, 7) is 6.06. The molecule has 108 valence electrons. The Balaban J connectivity index is 0.00000180. The van der Waals surface area contributed by atoms with E-state index < -0.39 is 0 Å². The summed E-state index contributed by atoms with van der Waals surface area (Å²) in [5.74, 6) is 1.04. The summed E-state index contributed by atoms with van der Waals surface area (Å²) in [4.78, 5) is 2.56. The molecular weight excluding hydrogens is 260 g/mol. The molecule has 2 rings (SSSR count). The Morgan fingerprint density at radius 1 is 1.37 bits per heavy atom. The van der Waals surface area contributed by atoms with Crippen molar-refractivity contribution in [2.75, 3.05) is 26.7 Å². The van der Waals surface area contributed by atoms with Gasteiger partial charge in [0.2, 0.25) is 0 Å². The maximum atomic E-state index is 5.70. The van der Waals surface area contributed by atoms with Gasteiger partial charge in [0.25, 0.3) is 0 Å². The van der Waals surface area contributed by atoms with Gasteiger partial charge < -0.3 is 10.1 Å². The minimum absolute atomic E-state index is 0. The van der Waals surface area contributed by atoms with Crippen LogP contribution in [0, 0.1) is 0 Å². The number of benzene rings is 1. The first-order valence-electron chi connectivity index (χ1n) is 6.94. The molecule has 1 unspecified atom stereocenters. The van der Waals surface area contributed by atoms with Gasteiger partial charge in [-0.25, -0.2) is 0 Å². The van der Waals surface area contributed by atoms with Crippen LogP contribution in [0.4, 0.5) is 0 Å². The van der Waals surface area contributed by atoms with Crippen molar-refractivity contribution in [3.63, 3.8) is 0 Å². The molecule has 0 aliphatic carbocycles. The third-order valence-corrected chi connectivity index (χ3v) is 3.58. The highest BCUT2D eigenvalue weighted by molar-refractivity contribution is 5.85. The number of hydrogen-bond acceptors (Lipinski definition) is 3. The summed E-state index contributed by atoms with van der Waals surface area (Å²) in [5.41, 5.74) is 1.31. The normalized spacial score (nSPS) is 19.2. The van der Waals surface area contributed by atoms with Gasteiger partial charge in [0.15, 0.2) is 0 Å². The fourth-order valence-electron chi connectivity index (χ4n) is 2.72. The van der Waals surface area contributed by atoms with E-state index in [-0.39, 0.29) is 12.4 Å². The Labute approximate surface area is 122 Å². The molecule has 0 aromatic heterocycles. The van der Waals surface area contributed by atoms with Crippen molar-refractivity contribution in [3.8, 4) is 5.75 Å². The zero-order valence-corrected chi connectivity index (χ0v) is 12.7. The van der Waals surface area contributed by atoms with Crippen molar-refractivity contribution in [1.82, 2.24) is 10.2 Å². The van der Waals surface area contributed by atoms with Gasteiger partial charge in [0.1, 0.15) is 5.75 Å². The molecule has 0 radical (unpaired) electrons. The first-order valence-corrected chi connectivity index (χ1v) is 6.94. The largest absolute Gasteiger partial charge is 0.494 e. The zero-order valence-electron chi connectivity index (χ0n) is 11.9. The van der Waals surface area contributed by atoms with Crippen molar-refractivity contribution in [1.29, 1.82) is 0 Å². The monoisotopic (exact) mass is 284 g/mol. The minimum Gasteiger partial charge on any atom is -0.494 e. The molecule has 0 bridgehead atoms. The van der Waals surface area contributed by atoms with Crippen LogP contribution in [0.5, 0.6) is 5.75 Å². The predicted octanol–water partition coefficient (Wildman–Crippen LogP) is 2.69. The van der Waals surface area contributed by atoms with Crippen LogP contribution in [0.1, 0.15) is 25.3 Å². The number of para-hydroxylation sites is 1. The molecule has 1 aromatic carbocycles. The van der Waals surface area contributed by atoms with Gasteiger partial charge in [-0.15, -0.1) is 12.4 Å². The van der Waals surface area contributed by atoms with E-state index in [0.717, 1.165) is 25.4 Å². The molecule has 3 nitrogen and oxygen atoms in total. The van der Waals surface area contributed by atoms with Crippen molar-refractivity contribution in [2.24, 2.45) is 0 Å². The second-order valence-electron chi connectivity index (χ2n) is 4.86. The predicted molar refractivity (Wildman–Crippen MR) is 82.2 cm³/mol. The lowest BCUT2D eigenvalue weighted by Crippen LogP contribution is -2.36. The third-order valence-electron chi connectivity index (χ3n) is 3.58. The minimum atomic E-state index is 0. The lowest BCUT2D eigenvalue weighted by Gasteiger charge is -2.25. The van der Waals surface area contributed by atoms with Crippen molar-refractivity contribution < 1.29 is 4.74 Å². The summed E-state index contributed by atoms with van der Waals surface area (Å²) < 4.78 is 5.70. The topological polar surface area (TPSA) is 24.5 Å². The molecule has 1 saturated heterocycles. The SMILES string of the molecule is CCOc1ccccc1CN1CCCC1CNC.Cl. The number of rotatable bonds is 6. The number of likely N-dealkylation sites (N-methyl/N-ethyl adjacent to an activating group) is 1. The third kappa shape index (κ3) is 4.37. The first kappa shape index (κ1) is 16.3. The average Bonchev–Trinajstić information content (AvgIpc) is 2.80. The molecule has 4 heteroatoms. The van der Waals surface area contributed by atoms with Crippen molar-refractivity contribution in [2.45, 2.75) is 32.4 Å². The molecule has 1 atom stereocenters. The Bertz CT molecular complexity index is 373. The first-order chi connectivity index (χ1) is 8.85. The molecule has 1 N–H and O–H groups in total. The highest BCUT2D eigenvalue weighted by Crippen LogP contribution is 2.24. The van der Waals surface area contributed by atoms with Crippen LogP contribution < -0.4 is 10.1 Å². The standard InChI is InChI=1S/C15H24N2O.ClH/c1-3-18-15-9-5-4-7-13(15)12-17-10-6-8-14(17)11-16-2;/h4-5,7,9,14,16H,3,6,8,10-12H2,1-2H3;1H. The lowest BCUT2D eigenvalue weighted by molar-refractivity contribution is 0.236. The Kier molecular flexibility index (Phi) is 7.21. The van der Waals surface area contributed by atoms with E-state index in [1.165, 1.54) is 24.9 Å². The van der Waals surface area contributed by atoms with E-state index in [0.29, 0.717) is 6.04 Å². The molecular formula is C15H25ClN2O. The molecule has 0 saturated carbocycles. The van der Waals surface area contributed by atoms with E-state index in [4.69, 9.17) is 4.74 Å². The summed E-state index contributed by atoms with van der Waals surface area (Å²) >= 11 is 0. The van der Waals surface area contributed by atoms with E-state index in [1.54, 1.807) is 0 Å². The van der Waals surface area contributed by atoms with Crippen LogP contribution in [-0.4, -0.2) is 37.7 Å². The van der Waals surface area contributed by atoms with Gasteiger partial charge in [-0.3, -0.25) is 4.90 Å². The van der Waals surface area contributed by atoms with Gasteiger partial charge >= 0.3 is 0 Å². The number of nitrogens with one attached hydrogen (secondary N) is 1. The molecule has 1 heterocycles. The number of ether oxygens (including phenoxy) is 1. The van der Waals surface area contributed by atoms with Crippen LogP contribution in [0.25, 0.3) is 0 Å². The van der Waals surface area contributed by atoms with Crippen molar-refractivity contribution >= 4 is 12.4 Å². The molecule has 1 fully saturated rings. The number of likely N-dealkylation sites (tertiary alicyclic amines) is 1. The smallest absolute Gasteiger partial charge is 0.123 e. The van der Waals surface area contributed by atoms with Gasteiger partial charge in [0, 0.05) is 24.7 Å². The van der Waals surface area contributed by atoms with Gasteiger partial charge in [0.05, 0.1) is 6.61 Å². The number of hydrogen-bond donors (Lipinski definition) is 1. The van der Waals surface area contributed by atoms with E-state index in [2.05, 4.69) is 28.4 Å². The lowest BCUT2D eigenvalue weighted by atomic mass is 10.1. The highest BCUT2D eigenvalue weighted by atomic mass is 35.5. The summed E-state index contributed by atoms with van der Waals surface area (Å²) in [6, 6.07) is 9.07. The molecule has 1 aliphatic rings. The van der Waals surface area contributed by atoms with Crippen LogP contribution in [0.15, 0.2) is 24.3 Å². The Hall–Kier alpha value is -0.770. The molecule has 0 spiro atoms. The van der Waals surface area contributed by atoms with Gasteiger partial charge in [-0.1, -0.05) is 18.2 Å². The molecule has 19 heavy (non-hydrogen) atoms. The number of nitrogens with zero attached hydrogens (tertiary/aromatic N) is 1. The van der Waals surface area contributed by atoms with Crippen molar-refractivity contribution in [3.05, 3.63) is 29.8 Å². The summed E-state index contributed by atoms with van der Waals surface area (Å²) in [5, 5.41) is 3.29. The molecule has 0 amide bonds. The fraction of sp³-hybridized carbons (Fsp3) is 0.600. The van der Waals surface area contributed by atoms with E-state index in [9.17, 15) is 0 Å². The second-order valence-corrected chi connectivity index (χ2v) is 4.86. The summed E-state index contributed by atoms with van der Waals surface area (Å²) in [6.07, 6.45) is 2.61. The Morgan fingerprint density at radius 2 is 2.16 bits per heavy atom. The molecule has 1 aliphatic heterocycles. The van der Waals surface area contributed by atoms with Crippen LogP contribution in [0.3, 0.4) is 0 Å². The highest BCUT2D eigenvalue weighted by Gasteiger charge is 2.24. The average molecular weight is 285 g/mol. The fourth-order valence-corrected chi connectivity index (χ4v) is 2.72. The van der Waals surface area contributed by atoms with Crippen LogP contribution in [0.2, 0.25) is 0 Å². The van der Waals surface area contributed by atoms with Gasteiger partial charge in [-0.2, -0.15) is 0 Å². The molecule has 1 aromatic rings. The zero-order chi connectivity index (χ0) is 12.8. The maximum Gasteiger partial charge on any atom is 0.123 e. The maximum absolute atomic E-state index is 5.70. The van der Waals surface area contributed by atoms with Gasteiger partial charge in [-0.05, 0) is 39.4 Å². The Morgan fingerprint density at radius 3 is 2.89 bits per heavy atom. The van der Waals surface area contributed by atoms with Crippen LogP contribution >= 0.6 is 12.4 Å². The summed E-state index contributed by atoms with van der Waals surface area (Å²) in [7, 11) is 2.03. The van der Waals surface area contributed by atoms with E-state index in [1.807, 2.05) is 20.0 Å².